The summed E-state index contributed by atoms with van der Waals surface area (Å²) in [6, 6.07) is 4.72. The van der Waals surface area contributed by atoms with E-state index < -0.39 is 11.9 Å². The van der Waals surface area contributed by atoms with Crippen LogP contribution in [0.3, 0.4) is 0 Å². The lowest BCUT2D eigenvalue weighted by atomic mass is 10.2. The van der Waals surface area contributed by atoms with E-state index in [1.165, 1.54) is 0 Å². The topological polar surface area (TPSA) is 90.4 Å². The van der Waals surface area contributed by atoms with Gasteiger partial charge in [-0.1, -0.05) is 0 Å². The summed E-state index contributed by atoms with van der Waals surface area (Å²) >= 11 is 0. The fraction of sp³-hybridized carbons (Fsp3) is 0.300. The number of rotatable bonds is 4. The van der Waals surface area contributed by atoms with Crippen molar-refractivity contribution in [2.75, 3.05) is 18.2 Å². The molecule has 0 spiro atoms. The average molecular weight is 209 g/mol. The fourth-order valence-corrected chi connectivity index (χ4v) is 1.10. The zero-order valence-corrected chi connectivity index (χ0v) is 8.78. The van der Waals surface area contributed by atoms with Crippen LogP contribution in [-0.2, 0) is 4.79 Å². The molecule has 0 aromatic heterocycles. The van der Waals surface area contributed by atoms with Gasteiger partial charge in [0, 0.05) is 6.07 Å². The van der Waals surface area contributed by atoms with E-state index in [-0.39, 0.29) is 0 Å². The van der Waals surface area contributed by atoms with E-state index in [2.05, 4.69) is 5.32 Å². The first-order valence-electron chi connectivity index (χ1n) is 4.54. The van der Waals surface area contributed by atoms with Gasteiger partial charge in [-0.2, -0.15) is 0 Å². The maximum atomic E-state index is 10.8. The number of methoxy groups -OCH3 is 1. The summed E-state index contributed by atoms with van der Waals surface area (Å²) in [5, 5.41) is 2.91. The van der Waals surface area contributed by atoms with E-state index in [1.807, 2.05) is 0 Å². The van der Waals surface area contributed by atoms with Crippen LogP contribution in [-0.4, -0.2) is 19.1 Å². The van der Waals surface area contributed by atoms with Crippen molar-refractivity contribution in [2.45, 2.75) is 13.0 Å². The molecule has 15 heavy (non-hydrogen) atoms. The Labute approximate surface area is 88.4 Å². The van der Waals surface area contributed by atoms with Crippen molar-refractivity contribution in [1.82, 2.24) is 0 Å². The second kappa shape index (κ2) is 4.54. The molecule has 82 valence electrons. The van der Waals surface area contributed by atoms with Gasteiger partial charge in [0.05, 0.1) is 18.5 Å². The summed E-state index contributed by atoms with van der Waals surface area (Å²) in [6.45, 7) is 1.67. The Morgan fingerprint density at radius 3 is 2.67 bits per heavy atom. The third kappa shape index (κ3) is 2.77. The number of benzene rings is 1. The predicted octanol–water partition coefficient (Wildman–Crippen LogP) is 0.563. The Kier molecular flexibility index (Phi) is 3.38. The molecule has 0 saturated heterocycles. The number of anilines is 2. The Balaban J connectivity index is 2.82. The van der Waals surface area contributed by atoms with E-state index in [4.69, 9.17) is 16.2 Å². The number of amides is 1. The van der Waals surface area contributed by atoms with Gasteiger partial charge in [-0.3, -0.25) is 4.79 Å². The zero-order chi connectivity index (χ0) is 11.4. The molecule has 1 unspecified atom stereocenters. The highest BCUT2D eigenvalue weighted by molar-refractivity contribution is 5.84. The van der Waals surface area contributed by atoms with Crippen molar-refractivity contribution in [3.8, 4) is 5.75 Å². The Bertz CT molecular complexity index is 366. The number of primary amides is 1. The molecule has 5 nitrogen and oxygen atoms in total. The summed E-state index contributed by atoms with van der Waals surface area (Å²) in [5.74, 6) is 0.245. The highest BCUT2D eigenvalue weighted by Crippen LogP contribution is 2.24. The second-order valence-corrected chi connectivity index (χ2v) is 3.22. The normalized spacial score (nSPS) is 11.9. The van der Waals surface area contributed by atoms with Crippen molar-refractivity contribution < 1.29 is 9.53 Å². The summed E-state index contributed by atoms with van der Waals surface area (Å²) in [5.41, 5.74) is 12.1. The molecule has 0 heterocycles. The molecule has 0 radical (unpaired) electrons. The van der Waals surface area contributed by atoms with Crippen LogP contribution in [0.4, 0.5) is 11.4 Å². The smallest absolute Gasteiger partial charge is 0.239 e. The van der Waals surface area contributed by atoms with E-state index in [9.17, 15) is 4.79 Å². The molecule has 1 aromatic carbocycles. The molecule has 0 aliphatic carbocycles. The van der Waals surface area contributed by atoms with Crippen molar-refractivity contribution >= 4 is 17.3 Å². The Hall–Kier alpha value is -1.91. The molecule has 0 saturated carbocycles. The van der Waals surface area contributed by atoms with Crippen LogP contribution in [0.5, 0.6) is 5.75 Å². The van der Waals surface area contributed by atoms with Gasteiger partial charge in [0.2, 0.25) is 5.91 Å². The first-order chi connectivity index (χ1) is 7.04. The fourth-order valence-electron chi connectivity index (χ4n) is 1.10. The molecule has 0 aliphatic heterocycles. The lowest BCUT2D eigenvalue weighted by Crippen LogP contribution is -2.32. The van der Waals surface area contributed by atoms with Gasteiger partial charge < -0.3 is 21.5 Å². The van der Waals surface area contributed by atoms with Crippen molar-refractivity contribution in [3.05, 3.63) is 18.2 Å². The molecule has 0 aliphatic rings. The molecule has 1 amide bonds. The van der Waals surface area contributed by atoms with Crippen molar-refractivity contribution in [3.63, 3.8) is 0 Å². The molecule has 0 fully saturated rings. The molecule has 5 N–H and O–H groups in total. The third-order valence-electron chi connectivity index (χ3n) is 2.06. The first-order valence-corrected chi connectivity index (χ1v) is 4.54. The lowest BCUT2D eigenvalue weighted by Gasteiger charge is -2.14. The summed E-state index contributed by atoms with van der Waals surface area (Å²) in [6.07, 6.45) is 0. The minimum Gasteiger partial charge on any atom is -0.497 e. The van der Waals surface area contributed by atoms with Crippen molar-refractivity contribution in [2.24, 2.45) is 5.73 Å². The van der Waals surface area contributed by atoms with E-state index in [0.29, 0.717) is 17.1 Å². The number of hydrogen-bond acceptors (Lipinski definition) is 4. The van der Waals surface area contributed by atoms with E-state index >= 15 is 0 Å². The standard InChI is InChI=1S/C10H15N3O2/c1-6(10(12)14)13-9-4-3-7(15-2)5-8(9)11/h3-6,13H,11H2,1-2H3,(H2,12,14). The van der Waals surface area contributed by atoms with Crippen LogP contribution in [0.1, 0.15) is 6.92 Å². The van der Waals surface area contributed by atoms with Crippen LogP contribution in [0.2, 0.25) is 0 Å². The maximum absolute atomic E-state index is 10.8. The largest absolute Gasteiger partial charge is 0.497 e. The lowest BCUT2D eigenvalue weighted by molar-refractivity contribution is -0.118. The maximum Gasteiger partial charge on any atom is 0.239 e. The number of carbonyl (C=O) groups is 1. The van der Waals surface area contributed by atoms with Gasteiger partial charge in [0.15, 0.2) is 0 Å². The molecule has 1 atom stereocenters. The van der Waals surface area contributed by atoms with Gasteiger partial charge >= 0.3 is 0 Å². The van der Waals surface area contributed by atoms with Crippen LogP contribution in [0.15, 0.2) is 18.2 Å². The molecule has 1 aromatic rings. The number of nitrogen functional groups attached to an aromatic ring is 1. The van der Waals surface area contributed by atoms with Crippen LogP contribution in [0.25, 0.3) is 0 Å². The number of ether oxygens (including phenoxy) is 1. The van der Waals surface area contributed by atoms with Gasteiger partial charge in [-0.25, -0.2) is 0 Å². The Morgan fingerprint density at radius 1 is 1.53 bits per heavy atom. The molecule has 0 bridgehead atoms. The van der Waals surface area contributed by atoms with Crippen LogP contribution < -0.4 is 21.5 Å². The minimum atomic E-state index is -0.458. The highest BCUT2D eigenvalue weighted by atomic mass is 16.5. The van der Waals surface area contributed by atoms with E-state index in [1.54, 1.807) is 32.2 Å². The summed E-state index contributed by atoms with van der Waals surface area (Å²) < 4.78 is 5.00. The molecule has 5 heteroatoms. The zero-order valence-electron chi connectivity index (χ0n) is 8.78. The quantitative estimate of drug-likeness (QED) is 0.632. The molecular formula is C10H15N3O2. The van der Waals surface area contributed by atoms with Crippen LogP contribution >= 0.6 is 0 Å². The van der Waals surface area contributed by atoms with Crippen LogP contribution in [0, 0.1) is 0 Å². The summed E-state index contributed by atoms with van der Waals surface area (Å²) in [7, 11) is 1.56. The minimum absolute atomic E-state index is 0.426. The second-order valence-electron chi connectivity index (χ2n) is 3.22. The number of nitrogens with one attached hydrogen (secondary N) is 1. The van der Waals surface area contributed by atoms with Crippen molar-refractivity contribution in [1.29, 1.82) is 0 Å². The third-order valence-corrected chi connectivity index (χ3v) is 2.06. The molecule has 1 rings (SSSR count). The highest BCUT2D eigenvalue weighted by Gasteiger charge is 2.09. The van der Waals surface area contributed by atoms with Gasteiger partial charge in [-0.05, 0) is 19.1 Å². The van der Waals surface area contributed by atoms with Gasteiger partial charge in [-0.15, -0.1) is 0 Å². The number of hydrogen-bond donors (Lipinski definition) is 3. The number of carbonyl (C=O) groups excluding carboxylic acids is 1. The number of nitrogens with two attached hydrogens (primary N) is 2. The Morgan fingerprint density at radius 2 is 2.20 bits per heavy atom. The van der Waals surface area contributed by atoms with Gasteiger partial charge in [0.1, 0.15) is 11.8 Å². The van der Waals surface area contributed by atoms with Gasteiger partial charge in [0.25, 0.3) is 0 Å². The first kappa shape index (κ1) is 11.2. The monoisotopic (exact) mass is 209 g/mol. The SMILES string of the molecule is COc1ccc(NC(C)C(N)=O)c(N)c1. The summed E-state index contributed by atoms with van der Waals surface area (Å²) in [4.78, 5) is 10.8. The van der Waals surface area contributed by atoms with E-state index in [0.717, 1.165) is 0 Å². The average Bonchev–Trinajstić information content (AvgIpc) is 2.20. The predicted molar refractivity (Wildman–Crippen MR) is 59.7 cm³/mol. The molecular weight excluding hydrogens is 194 g/mol.